The average Bonchev–Trinajstić information content (AvgIpc) is 3.19. The van der Waals surface area contributed by atoms with Crippen molar-refractivity contribution >= 4 is 23.1 Å². The highest BCUT2D eigenvalue weighted by Crippen LogP contribution is 2.24. The van der Waals surface area contributed by atoms with Crippen LogP contribution in [0.3, 0.4) is 0 Å². The summed E-state index contributed by atoms with van der Waals surface area (Å²) in [4.78, 5) is 9.17. The first-order chi connectivity index (χ1) is 10.7. The van der Waals surface area contributed by atoms with E-state index in [0.29, 0.717) is 5.89 Å². The van der Waals surface area contributed by atoms with Crippen LogP contribution in [0.25, 0.3) is 10.8 Å². The van der Waals surface area contributed by atoms with E-state index < -0.39 is 0 Å². The molecule has 22 heavy (non-hydrogen) atoms. The molecule has 0 spiro atoms. The lowest BCUT2D eigenvalue weighted by Gasteiger charge is -2.15. The minimum atomic E-state index is 0.711. The van der Waals surface area contributed by atoms with Gasteiger partial charge in [-0.1, -0.05) is 18.2 Å². The second-order valence-electron chi connectivity index (χ2n) is 5.14. The van der Waals surface area contributed by atoms with Crippen LogP contribution in [0.1, 0.15) is 11.3 Å². The molecule has 0 N–H and O–H groups in total. The maximum atomic E-state index is 5.56. The van der Waals surface area contributed by atoms with Gasteiger partial charge in [-0.2, -0.15) is 0 Å². The third kappa shape index (κ3) is 3.80. The molecule has 2 aromatic heterocycles. The Morgan fingerprint density at radius 1 is 1.18 bits per heavy atom. The number of thiophene rings is 1. The van der Waals surface area contributed by atoms with Gasteiger partial charge in [-0.15, -0.1) is 23.1 Å². The van der Waals surface area contributed by atoms with Gasteiger partial charge >= 0.3 is 0 Å². The van der Waals surface area contributed by atoms with Crippen molar-refractivity contribution in [2.45, 2.75) is 18.0 Å². The molecule has 1 aromatic carbocycles. The fourth-order valence-electron chi connectivity index (χ4n) is 2.27. The summed E-state index contributed by atoms with van der Waals surface area (Å²) in [7, 11) is 2.10. The second kappa shape index (κ2) is 7.13. The zero-order chi connectivity index (χ0) is 15.4. The zero-order valence-corrected chi connectivity index (χ0v) is 14.3. The van der Waals surface area contributed by atoms with Gasteiger partial charge in [0.05, 0.1) is 10.6 Å². The summed E-state index contributed by atoms with van der Waals surface area (Å²) in [5, 5.41) is 2.03. The number of rotatable bonds is 6. The van der Waals surface area contributed by atoms with Crippen LogP contribution in [0.5, 0.6) is 0 Å². The fourth-order valence-corrected chi connectivity index (χ4v) is 3.33. The van der Waals surface area contributed by atoms with Crippen LogP contribution in [0.4, 0.5) is 0 Å². The SMILES string of the molecule is CSc1ccc(CN(C)Cc2coc(-c3cccs3)n2)cc1. The van der Waals surface area contributed by atoms with Crippen LogP contribution in [-0.2, 0) is 13.1 Å². The van der Waals surface area contributed by atoms with Crippen LogP contribution in [0.2, 0.25) is 0 Å². The highest BCUT2D eigenvalue weighted by Gasteiger charge is 2.09. The monoisotopic (exact) mass is 330 g/mol. The van der Waals surface area contributed by atoms with Crippen LogP contribution in [0, 0.1) is 0 Å². The highest BCUT2D eigenvalue weighted by atomic mass is 32.2. The average molecular weight is 330 g/mol. The summed E-state index contributed by atoms with van der Waals surface area (Å²) in [5.41, 5.74) is 2.27. The third-order valence-corrected chi connectivity index (χ3v) is 4.93. The molecule has 0 bridgehead atoms. The van der Waals surface area contributed by atoms with Crippen molar-refractivity contribution < 1.29 is 4.42 Å². The van der Waals surface area contributed by atoms with Crippen LogP contribution < -0.4 is 0 Å². The summed E-state index contributed by atoms with van der Waals surface area (Å²) in [5.74, 6) is 0.711. The van der Waals surface area contributed by atoms with E-state index >= 15 is 0 Å². The molecule has 0 fully saturated rings. The number of benzene rings is 1. The molecule has 3 nitrogen and oxygen atoms in total. The molecule has 0 saturated heterocycles. The summed E-state index contributed by atoms with van der Waals surface area (Å²) >= 11 is 3.41. The van der Waals surface area contributed by atoms with Crippen molar-refractivity contribution in [2.75, 3.05) is 13.3 Å². The topological polar surface area (TPSA) is 29.3 Å². The normalized spacial score (nSPS) is 11.2. The number of nitrogens with zero attached hydrogens (tertiary/aromatic N) is 2. The van der Waals surface area contributed by atoms with Crippen molar-refractivity contribution in [2.24, 2.45) is 0 Å². The van der Waals surface area contributed by atoms with Crippen molar-refractivity contribution in [1.29, 1.82) is 0 Å². The first-order valence-electron chi connectivity index (χ1n) is 7.04. The zero-order valence-electron chi connectivity index (χ0n) is 12.7. The van der Waals surface area contributed by atoms with E-state index in [2.05, 4.69) is 47.5 Å². The van der Waals surface area contributed by atoms with Crippen molar-refractivity contribution in [1.82, 2.24) is 9.88 Å². The highest BCUT2D eigenvalue weighted by molar-refractivity contribution is 7.98. The third-order valence-electron chi connectivity index (χ3n) is 3.33. The van der Waals surface area contributed by atoms with E-state index in [1.807, 2.05) is 17.5 Å². The predicted octanol–water partition coefficient (Wildman–Crippen LogP) is 4.76. The molecule has 0 aliphatic carbocycles. The number of oxazole rings is 1. The summed E-state index contributed by atoms with van der Waals surface area (Å²) < 4.78 is 5.56. The molecule has 0 aliphatic rings. The van der Waals surface area contributed by atoms with Gasteiger partial charge in [0.15, 0.2) is 0 Å². The van der Waals surface area contributed by atoms with Crippen molar-refractivity contribution in [3.8, 4) is 10.8 Å². The molecule has 5 heteroatoms. The van der Waals surface area contributed by atoms with E-state index in [1.54, 1.807) is 29.4 Å². The Bertz CT molecular complexity index is 705. The van der Waals surface area contributed by atoms with E-state index in [4.69, 9.17) is 4.42 Å². The largest absolute Gasteiger partial charge is 0.444 e. The van der Waals surface area contributed by atoms with E-state index in [9.17, 15) is 0 Å². The van der Waals surface area contributed by atoms with Gasteiger partial charge in [0.25, 0.3) is 0 Å². The number of thioether (sulfide) groups is 1. The Kier molecular flexibility index (Phi) is 4.97. The molecule has 2 heterocycles. The van der Waals surface area contributed by atoms with Crippen molar-refractivity contribution in [3.63, 3.8) is 0 Å². The minimum absolute atomic E-state index is 0.711. The molecule has 0 aliphatic heterocycles. The lowest BCUT2D eigenvalue weighted by molar-refractivity contribution is 0.314. The molecule has 114 valence electrons. The molecule has 0 unspecified atom stereocenters. The van der Waals surface area contributed by atoms with E-state index in [-0.39, 0.29) is 0 Å². The lowest BCUT2D eigenvalue weighted by atomic mass is 10.2. The molecule has 0 atom stereocenters. The van der Waals surface area contributed by atoms with Gasteiger partial charge in [-0.3, -0.25) is 4.90 Å². The van der Waals surface area contributed by atoms with E-state index in [1.165, 1.54) is 10.5 Å². The Morgan fingerprint density at radius 3 is 2.68 bits per heavy atom. The lowest BCUT2D eigenvalue weighted by Crippen LogP contribution is -2.17. The number of aromatic nitrogens is 1. The van der Waals surface area contributed by atoms with Gasteiger partial charge in [0, 0.05) is 18.0 Å². The van der Waals surface area contributed by atoms with Crippen LogP contribution >= 0.6 is 23.1 Å². The Balaban J connectivity index is 1.60. The molecule has 0 amide bonds. The summed E-state index contributed by atoms with van der Waals surface area (Å²) in [6.07, 6.45) is 3.85. The predicted molar refractivity (Wildman–Crippen MR) is 93.2 cm³/mol. The number of hydrogen-bond donors (Lipinski definition) is 0. The maximum absolute atomic E-state index is 5.56. The molecule has 3 rings (SSSR count). The van der Waals surface area contributed by atoms with Gasteiger partial charge in [0.2, 0.25) is 5.89 Å². The van der Waals surface area contributed by atoms with Gasteiger partial charge in [-0.05, 0) is 42.4 Å². The summed E-state index contributed by atoms with van der Waals surface area (Å²) in [6.45, 7) is 1.68. The molecule has 3 aromatic rings. The second-order valence-corrected chi connectivity index (χ2v) is 6.97. The molecular formula is C17H18N2OS2. The first kappa shape index (κ1) is 15.3. The fraction of sp³-hybridized carbons (Fsp3) is 0.235. The standard InChI is InChI=1S/C17H18N2OS2/c1-19(10-13-5-7-15(21-2)8-6-13)11-14-12-20-17(18-14)16-4-3-9-22-16/h3-9,12H,10-11H2,1-2H3. The maximum Gasteiger partial charge on any atom is 0.236 e. The molecular weight excluding hydrogens is 312 g/mol. The van der Waals surface area contributed by atoms with Crippen LogP contribution in [0.15, 0.2) is 57.4 Å². The summed E-state index contributed by atoms with van der Waals surface area (Å²) in [6, 6.07) is 12.7. The Hall–Kier alpha value is -1.56. The quantitative estimate of drug-likeness (QED) is 0.610. The minimum Gasteiger partial charge on any atom is -0.444 e. The smallest absolute Gasteiger partial charge is 0.236 e. The number of hydrogen-bond acceptors (Lipinski definition) is 5. The Morgan fingerprint density at radius 2 is 2.00 bits per heavy atom. The Labute approximate surface area is 139 Å². The van der Waals surface area contributed by atoms with Gasteiger partial charge < -0.3 is 4.42 Å². The van der Waals surface area contributed by atoms with Gasteiger partial charge in [-0.25, -0.2) is 4.98 Å². The van der Waals surface area contributed by atoms with Gasteiger partial charge in [0.1, 0.15) is 6.26 Å². The van der Waals surface area contributed by atoms with E-state index in [0.717, 1.165) is 23.7 Å². The van der Waals surface area contributed by atoms with Crippen molar-refractivity contribution in [3.05, 3.63) is 59.3 Å². The molecule has 0 radical (unpaired) electrons. The van der Waals surface area contributed by atoms with Crippen LogP contribution in [-0.4, -0.2) is 23.2 Å². The molecule has 0 saturated carbocycles. The first-order valence-corrected chi connectivity index (χ1v) is 9.15.